The highest BCUT2D eigenvalue weighted by atomic mass is 32.1. The molecule has 0 unspecified atom stereocenters. The zero-order valence-electron chi connectivity index (χ0n) is 13.2. The van der Waals surface area contributed by atoms with Crippen LogP contribution in [0.1, 0.15) is 23.1 Å². The highest BCUT2D eigenvalue weighted by molar-refractivity contribution is 7.15. The summed E-state index contributed by atoms with van der Waals surface area (Å²) in [5.74, 6) is -0.247. The lowest BCUT2D eigenvalue weighted by atomic mass is 10.1. The van der Waals surface area contributed by atoms with Crippen LogP contribution in [0.15, 0.2) is 24.3 Å². The number of halogens is 3. The van der Waals surface area contributed by atoms with Gasteiger partial charge in [-0.15, -0.1) is 10.2 Å². The van der Waals surface area contributed by atoms with Gasteiger partial charge in [0.05, 0.1) is 12.1 Å². The van der Waals surface area contributed by atoms with Crippen LogP contribution >= 0.6 is 11.3 Å². The maximum Gasteiger partial charge on any atom is 0.416 e. The molecule has 1 amide bonds. The van der Waals surface area contributed by atoms with Gasteiger partial charge >= 0.3 is 6.18 Å². The Morgan fingerprint density at radius 2 is 1.92 bits per heavy atom. The number of aromatic nitrogens is 2. The van der Waals surface area contributed by atoms with Gasteiger partial charge in [0.15, 0.2) is 0 Å². The average Bonchev–Trinajstić information content (AvgIpc) is 2.94. The van der Waals surface area contributed by atoms with Crippen LogP contribution in [0, 0.1) is 0 Å². The van der Waals surface area contributed by atoms with Crippen molar-refractivity contribution in [1.29, 1.82) is 0 Å². The van der Waals surface area contributed by atoms with Gasteiger partial charge in [0.25, 0.3) is 0 Å². The van der Waals surface area contributed by atoms with Crippen LogP contribution in [0.25, 0.3) is 0 Å². The molecule has 0 saturated heterocycles. The van der Waals surface area contributed by atoms with Crippen LogP contribution in [0.5, 0.6) is 0 Å². The third-order valence-electron chi connectivity index (χ3n) is 3.16. The van der Waals surface area contributed by atoms with Gasteiger partial charge in [-0.05, 0) is 31.2 Å². The van der Waals surface area contributed by atoms with E-state index < -0.39 is 11.7 Å². The van der Waals surface area contributed by atoms with E-state index in [1.807, 2.05) is 6.92 Å². The van der Waals surface area contributed by atoms with Gasteiger partial charge in [-0.25, -0.2) is 0 Å². The fourth-order valence-corrected chi connectivity index (χ4v) is 2.71. The molecule has 1 heterocycles. The Hall–Kier alpha value is -2.00. The third kappa shape index (κ3) is 5.27. The highest BCUT2D eigenvalue weighted by Crippen LogP contribution is 2.29. The van der Waals surface area contributed by atoms with Crippen molar-refractivity contribution in [1.82, 2.24) is 15.1 Å². The molecule has 0 spiro atoms. The van der Waals surface area contributed by atoms with Gasteiger partial charge in [-0.2, -0.15) is 13.2 Å². The number of nitrogens with one attached hydrogen (secondary N) is 1. The topological polar surface area (TPSA) is 58.1 Å². The van der Waals surface area contributed by atoms with Gasteiger partial charge in [0.1, 0.15) is 5.01 Å². The van der Waals surface area contributed by atoms with Crippen molar-refractivity contribution >= 4 is 22.4 Å². The number of carbonyl (C=O) groups is 1. The first-order valence-corrected chi connectivity index (χ1v) is 8.06. The molecule has 1 N–H and O–H groups in total. The molecule has 2 rings (SSSR count). The van der Waals surface area contributed by atoms with Crippen molar-refractivity contribution in [3.8, 4) is 0 Å². The Balaban J connectivity index is 1.85. The van der Waals surface area contributed by atoms with Crippen LogP contribution in [-0.4, -0.2) is 34.6 Å². The number of nitrogens with zero attached hydrogens (tertiary/aromatic N) is 3. The van der Waals surface area contributed by atoms with E-state index in [4.69, 9.17) is 0 Å². The molecule has 1 aromatic carbocycles. The molecule has 0 aliphatic carbocycles. The zero-order valence-corrected chi connectivity index (χ0v) is 14.0. The minimum atomic E-state index is -4.34. The van der Waals surface area contributed by atoms with E-state index in [-0.39, 0.29) is 12.5 Å². The Kier molecular flexibility index (Phi) is 5.89. The summed E-state index contributed by atoms with van der Waals surface area (Å²) in [5, 5.41) is 11.7. The van der Waals surface area contributed by atoms with Crippen molar-refractivity contribution in [2.45, 2.75) is 26.1 Å². The first kappa shape index (κ1) is 18.3. The smallest absolute Gasteiger partial charge is 0.299 e. The molecule has 24 heavy (non-hydrogen) atoms. The number of aryl methyl sites for hydroxylation is 1. The molecular formula is C15H17F3N4OS. The summed E-state index contributed by atoms with van der Waals surface area (Å²) in [7, 11) is 1.72. The molecule has 0 aliphatic heterocycles. The van der Waals surface area contributed by atoms with Crippen molar-refractivity contribution in [2.24, 2.45) is 0 Å². The Morgan fingerprint density at radius 1 is 1.25 bits per heavy atom. The summed E-state index contributed by atoms with van der Waals surface area (Å²) in [5.41, 5.74) is 0.0112. The molecule has 0 saturated carbocycles. The minimum Gasteiger partial charge on any atom is -0.299 e. The Labute approximate surface area is 141 Å². The van der Waals surface area contributed by atoms with E-state index in [1.165, 1.54) is 23.5 Å². The summed E-state index contributed by atoms with van der Waals surface area (Å²) in [6, 6.07) is 4.90. The number of anilines is 1. The molecule has 2 aromatic rings. The lowest BCUT2D eigenvalue weighted by molar-refractivity contribution is -0.137. The SMILES string of the molecule is CCc1nnc(NC(=O)CN(C)Cc2ccc(C(F)(F)F)cc2)s1. The van der Waals surface area contributed by atoms with Crippen LogP contribution in [0.3, 0.4) is 0 Å². The van der Waals surface area contributed by atoms with E-state index in [0.29, 0.717) is 17.2 Å². The summed E-state index contributed by atoms with van der Waals surface area (Å²) in [4.78, 5) is 13.6. The van der Waals surface area contributed by atoms with Gasteiger partial charge in [0, 0.05) is 6.54 Å². The number of hydrogen-bond donors (Lipinski definition) is 1. The molecule has 130 valence electrons. The first-order valence-electron chi connectivity index (χ1n) is 7.25. The number of amides is 1. The van der Waals surface area contributed by atoms with Gasteiger partial charge in [-0.1, -0.05) is 30.4 Å². The number of alkyl halides is 3. The predicted molar refractivity (Wildman–Crippen MR) is 85.7 cm³/mol. The summed E-state index contributed by atoms with van der Waals surface area (Å²) < 4.78 is 37.5. The molecule has 0 fully saturated rings. The van der Waals surface area contributed by atoms with Crippen LogP contribution in [0.2, 0.25) is 0 Å². The fraction of sp³-hybridized carbons (Fsp3) is 0.400. The van der Waals surface area contributed by atoms with Crippen LogP contribution < -0.4 is 5.32 Å². The number of benzene rings is 1. The van der Waals surface area contributed by atoms with E-state index >= 15 is 0 Å². The second-order valence-corrected chi connectivity index (χ2v) is 6.33. The van der Waals surface area contributed by atoms with Crippen molar-refractivity contribution < 1.29 is 18.0 Å². The maximum absolute atomic E-state index is 12.5. The lowest BCUT2D eigenvalue weighted by Gasteiger charge is -2.16. The highest BCUT2D eigenvalue weighted by Gasteiger charge is 2.29. The molecular weight excluding hydrogens is 341 g/mol. The summed E-state index contributed by atoms with van der Waals surface area (Å²) in [6.45, 7) is 2.41. The van der Waals surface area contributed by atoms with Gasteiger partial charge in [0.2, 0.25) is 11.0 Å². The average molecular weight is 358 g/mol. The second kappa shape index (κ2) is 7.71. The third-order valence-corrected chi connectivity index (χ3v) is 4.15. The number of hydrogen-bond acceptors (Lipinski definition) is 5. The fourth-order valence-electron chi connectivity index (χ4n) is 2.02. The van der Waals surface area contributed by atoms with E-state index in [2.05, 4.69) is 15.5 Å². The van der Waals surface area contributed by atoms with Crippen LogP contribution in [-0.2, 0) is 23.9 Å². The number of likely N-dealkylation sites (N-methyl/N-ethyl adjacent to an activating group) is 1. The molecule has 0 aliphatic rings. The monoisotopic (exact) mass is 358 g/mol. The van der Waals surface area contributed by atoms with Gasteiger partial charge < -0.3 is 0 Å². The first-order chi connectivity index (χ1) is 11.3. The molecule has 1 aromatic heterocycles. The molecule has 0 bridgehead atoms. The number of carbonyl (C=O) groups excluding carboxylic acids is 1. The quantitative estimate of drug-likeness (QED) is 0.862. The molecule has 9 heteroatoms. The van der Waals surface area contributed by atoms with E-state index in [0.717, 1.165) is 23.6 Å². The van der Waals surface area contributed by atoms with Crippen molar-refractivity contribution in [2.75, 3.05) is 18.9 Å². The van der Waals surface area contributed by atoms with Crippen LogP contribution in [0.4, 0.5) is 18.3 Å². The second-order valence-electron chi connectivity index (χ2n) is 5.27. The zero-order chi connectivity index (χ0) is 17.7. The predicted octanol–water partition coefficient (Wildman–Crippen LogP) is 3.19. The molecule has 5 nitrogen and oxygen atoms in total. The summed E-state index contributed by atoms with van der Waals surface area (Å²) >= 11 is 1.32. The Bertz CT molecular complexity index is 685. The minimum absolute atomic E-state index is 0.0993. The Morgan fingerprint density at radius 3 is 2.46 bits per heavy atom. The van der Waals surface area contributed by atoms with E-state index in [9.17, 15) is 18.0 Å². The molecule has 0 radical (unpaired) electrons. The largest absolute Gasteiger partial charge is 0.416 e. The molecule has 0 atom stereocenters. The van der Waals surface area contributed by atoms with E-state index in [1.54, 1.807) is 11.9 Å². The van der Waals surface area contributed by atoms with Gasteiger partial charge in [-0.3, -0.25) is 15.0 Å². The maximum atomic E-state index is 12.5. The number of rotatable bonds is 6. The normalized spacial score (nSPS) is 11.8. The lowest BCUT2D eigenvalue weighted by Crippen LogP contribution is -2.29. The van der Waals surface area contributed by atoms with Crippen molar-refractivity contribution in [3.05, 3.63) is 40.4 Å². The standard InChI is InChI=1S/C15H17F3N4OS/c1-3-13-20-21-14(24-13)19-12(23)9-22(2)8-10-4-6-11(7-5-10)15(16,17)18/h4-7H,3,8-9H2,1-2H3,(H,19,21,23). The van der Waals surface area contributed by atoms with Crippen molar-refractivity contribution in [3.63, 3.8) is 0 Å². The summed E-state index contributed by atoms with van der Waals surface area (Å²) in [6.07, 6.45) is -3.59.